The fourth-order valence-corrected chi connectivity index (χ4v) is 3.04. The van der Waals surface area contributed by atoms with Crippen LogP contribution in [0.25, 0.3) is 0 Å². The fraction of sp³-hybridized carbons (Fsp3) is 0.182. The lowest BCUT2D eigenvalue weighted by molar-refractivity contribution is 0.0594. The lowest BCUT2D eigenvalue weighted by Gasteiger charge is -2.15. The summed E-state index contributed by atoms with van der Waals surface area (Å²) in [5.41, 5.74) is 5.61. The molecular formula is C22H21N5O2. The van der Waals surface area contributed by atoms with E-state index >= 15 is 0 Å². The highest BCUT2D eigenvalue weighted by molar-refractivity contribution is 5.88. The molecule has 0 bridgehead atoms. The van der Waals surface area contributed by atoms with Crippen molar-refractivity contribution in [1.29, 1.82) is 5.26 Å². The van der Waals surface area contributed by atoms with Crippen LogP contribution in [0.1, 0.15) is 32.7 Å². The number of hydrogen-bond donors (Lipinski definition) is 2. The third-order valence-corrected chi connectivity index (χ3v) is 4.32. The van der Waals surface area contributed by atoms with Gasteiger partial charge in [-0.25, -0.2) is 9.78 Å². The van der Waals surface area contributed by atoms with Gasteiger partial charge in [0.2, 0.25) is 5.95 Å². The zero-order chi connectivity index (χ0) is 21.0. The first-order valence-electron chi connectivity index (χ1n) is 8.99. The molecular weight excluding hydrogens is 366 g/mol. The van der Waals surface area contributed by atoms with Crippen LogP contribution in [0.15, 0.2) is 42.5 Å². The van der Waals surface area contributed by atoms with E-state index in [9.17, 15) is 4.79 Å². The zero-order valence-electron chi connectivity index (χ0n) is 16.7. The van der Waals surface area contributed by atoms with Gasteiger partial charge in [-0.3, -0.25) is 0 Å². The van der Waals surface area contributed by atoms with Gasteiger partial charge < -0.3 is 15.4 Å². The Morgan fingerprint density at radius 3 is 2.24 bits per heavy atom. The second-order valence-corrected chi connectivity index (χ2v) is 6.67. The Bertz CT molecular complexity index is 1080. The van der Waals surface area contributed by atoms with Crippen LogP contribution in [-0.4, -0.2) is 23.0 Å². The lowest BCUT2D eigenvalue weighted by atomic mass is 10.1. The average Bonchev–Trinajstić information content (AvgIpc) is 2.70. The van der Waals surface area contributed by atoms with Gasteiger partial charge in [-0.1, -0.05) is 17.7 Å². The van der Waals surface area contributed by atoms with Crippen LogP contribution in [0.3, 0.4) is 0 Å². The van der Waals surface area contributed by atoms with Crippen LogP contribution < -0.4 is 10.6 Å². The van der Waals surface area contributed by atoms with Gasteiger partial charge >= 0.3 is 5.97 Å². The highest BCUT2D eigenvalue weighted by Gasteiger charge is 2.14. The second-order valence-electron chi connectivity index (χ2n) is 6.67. The maximum Gasteiger partial charge on any atom is 0.356 e. The van der Waals surface area contributed by atoms with Gasteiger partial charge in [0.25, 0.3) is 0 Å². The molecule has 3 rings (SSSR count). The van der Waals surface area contributed by atoms with Crippen LogP contribution in [-0.2, 0) is 4.74 Å². The van der Waals surface area contributed by atoms with Gasteiger partial charge in [0.05, 0.1) is 18.7 Å². The molecule has 7 nitrogen and oxygen atoms in total. The Morgan fingerprint density at radius 2 is 1.66 bits per heavy atom. The van der Waals surface area contributed by atoms with E-state index < -0.39 is 5.97 Å². The van der Waals surface area contributed by atoms with E-state index in [1.54, 1.807) is 30.3 Å². The first kappa shape index (κ1) is 19.8. The standard InChI is InChI=1S/C22H21N5O2/c1-13-9-14(2)20(15(3)10-13)26-19-11-18(21(28)29-4)25-22(27-19)24-17-7-5-16(12-23)6-8-17/h5-11H,1-4H3,(H2,24,25,26,27). The summed E-state index contributed by atoms with van der Waals surface area (Å²) in [6, 6.07) is 14.6. The van der Waals surface area contributed by atoms with Gasteiger partial charge in [0.15, 0.2) is 5.69 Å². The third kappa shape index (κ3) is 4.68. The number of nitriles is 1. The van der Waals surface area contributed by atoms with Gasteiger partial charge in [-0.2, -0.15) is 10.2 Å². The topological polar surface area (TPSA) is 99.9 Å². The molecule has 0 aliphatic carbocycles. The van der Waals surface area contributed by atoms with E-state index in [2.05, 4.69) is 38.8 Å². The van der Waals surface area contributed by atoms with Gasteiger partial charge in [0, 0.05) is 17.4 Å². The SMILES string of the molecule is COC(=O)c1cc(Nc2c(C)cc(C)cc2C)nc(Nc2ccc(C#N)cc2)n1. The minimum atomic E-state index is -0.560. The minimum absolute atomic E-state index is 0.128. The molecule has 0 radical (unpaired) electrons. The molecule has 0 fully saturated rings. The largest absolute Gasteiger partial charge is 0.464 e. The number of hydrogen-bond acceptors (Lipinski definition) is 7. The normalized spacial score (nSPS) is 10.2. The highest BCUT2D eigenvalue weighted by Crippen LogP contribution is 2.26. The molecule has 0 saturated carbocycles. The molecule has 1 heterocycles. The first-order valence-corrected chi connectivity index (χ1v) is 8.99. The number of carbonyl (C=O) groups excluding carboxylic acids is 1. The molecule has 7 heteroatoms. The van der Waals surface area contributed by atoms with E-state index in [4.69, 9.17) is 10.00 Å². The summed E-state index contributed by atoms with van der Waals surface area (Å²) >= 11 is 0. The van der Waals surface area contributed by atoms with Gasteiger partial charge in [-0.15, -0.1) is 0 Å². The van der Waals surface area contributed by atoms with Crippen molar-refractivity contribution in [3.05, 3.63) is 70.4 Å². The summed E-state index contributed by atoms with van der Waals surface area (Å²) in [4.78, 5) is 20.8. The van der Waals surface area contributed by atoms with Crippen molar-refractivity contribution in [3.63, 3.8) is 0 Å². The Balaban J connectivity index is 1.97. The molecule has 1 aromatic heterocycles. The maximum atomic E-state index is 12.1. The highest BCUT2D eigenvalue weighted by atomic mass is 16.5. The Morgan fingerprint density at radius 1 is 1.00 bits per heavy atom. The number of methoxy groups -OCH3 is 1. The molecule has 0 unspecified atom stereocenters. The first-order chi connectivity index (χ1) is 13.9. The van der Waals surface area contributed by atoms with Crippen LogP contribution in [0.4, 0.5) is 23.1 Å². The quantitative estimate of drug-likeness (QED) is 0.620. The fourth-order valence-electron chi connectivity index (χ4n) is 3.04. The number of rotatable bonds is 5. The third-order valence-electron chi connectivity index (χ3n) is 4.32. The molecule has 0 aliphatic heterocycles. The number of aryl methyl sites for hydroxylation is 3. The number of nitrogens with one attached hydrogen (secondary N) is 2. The van der Waals surface area contributed by atoms with Gasteiger partial charge in [-0.05, 0) is 56.2 Å². The Kier molecular flexibility index (Phi) is 5.74. The molecule has 0 spiro atoms. The summed E-state index contributed by atoms with van der Waals surface area (Å²) < 4.78 is 4.82. The predicted molar refractivity (Wildman–Crippen MR) is 112 cm³/mol. The number of benzene rings is 2. The lowest BCUT2D eigenvalue weighted by Crippen LogP contribution is -2.10. The van der Waals surface area contributed by atoms with Crippen LogP contribution in [0.5, 0.6) is 0 Å². The van der Waals surface area contributed by atoms with Crippen molar-refractivity contribution < 1.29 is 9.53 Å². The number of nitrogens with zero attached hydrogens (tertiary/aromatic N) is 3. The number of ether oxygens (including phenoxy) is 1. The molecule has 29 heavy (non-hydrogen) atoms. The van der Waals surface area contributed by atoms with Crippen molar-refractivity contribution in [2.45, 2.75) is 20.8 Å². The zero-order valence-corrected chi connectivity index (χ0v) is 16.7. The van der Waals surface area contributed by atoms with Crippen molar-refractivity contribution in [2.75, 3.05) is 17.7 Å². The average molecular weight is 387 g/mol. The summed E-state index contributed by atoms with van der Waals surface area (Å²) in [5, 5.41) is 15.3. The molecule has 0 amide bonds. The van der Waals surface area contributed by atoms with Crippen LogP contribution >= 0.6 is 0 Å². The molecule has 0 atom stereocenters. The summed E-state index contributed by atoms with van der Waals surface area (Å²) in [7, 11) is 1.31. The van der Waals surface area contributed by atoms with Crippen molar-refractivity contribution in [2.24, 2.45) is 0 Å². The van der Waals surface area contributed by atoms with Gasteiger partial charge in [0.1, 0.15) is 5.82 Å². The maximum absolute atomic E-state index is 12.1. The Labute approximate surface area is 169 Å². The monoisotopic (exact) mass is 387 g/mol. The summed E-state index contributed by atoms with van der Waals surface area (Å²) in [6.07, 6.45) is 0. The van der Waals surface area contributed by atoms with E-state index in [1.165, 1.54) is 12.7 Å². The van der Waals surface area contributed by atoms with E-state index in [-0.39, 0.29) is 11.6 Å². The molecule has 2 aromatic carbocycles. The van der Waals surface area contributed by atoms with Crippen molar-refractivity contribution in [1.82, 2.24) is 9.97 Å². The number of aromatic nitrogens is 2. The summed E-state index contributed by atoms with van der Waals surface area (Å²) in [5.74, 6) is 0.143. The smallest absolute Gasteiger partial charge is 0.356 e. The summed E-state index contributed by atoms with van der Waals surface area (Å²) in [6.45, 7) is 6.07. The number of carbonyl (C=O) groups is 1. The molecule has 0 aliphatic rings. The van der Waals surface area contributed by atoms with E-state index in [1.807, 2.05) is 20.8 Å². The molecule has 0 saturated heterocycles. The van der Waals surface area contributed by atoms with Crippen LogP contribution in [0.2, 0.25) is 0 Å². The minimum Gasteiger partial charge on any atom is -0.464 e. The van der Waals surface area contributed by atoms with Crippen molar-refractivity contribution in [3.8, 4) is 6.07 Å². The van der Waals surface area contributed by atoms with Crippen LogP contribution in [0, 0.1) is 32.1 Å². The van der Waals surface area contributed by atoms with E-state index in [0.29, 0.717) is 17.1 Å². The Hall–Kier alpha value is -3.92. The van der Waals surface area contributed by atoms with E-state index in [0.717, 1.165) is 16.8 Å². The number of anilines is 4. The van der Waals surface area contributed by atoms with Crippen molar-refractivity contribution >= 4 is 29.1 Å². The predicted octanol–water partition coefficient (Wildman–Crippen LogP) is 4.55. The molecule has 146 valence electrons. The molecule has 3 aromatic rings. The second kappa shape index (κ2) is 8.40. The molecule has 2 N–H and O–H groups in total. The number of esters is 1.